The Morgan fingerprint density at radius 1 is 0.264 bits per heavy atom. The molecule has 1 nitrogen and oxygen atoms in total. The van der Waals surface area contributed by atoms with Crippen LogP contribution in [0.2, 0.25) is 0 Å². The number of rotatable bonds is 4. The molecule has 246 valence electrons. The Morgan fingerprint density at radius 2 is 0.811 bits per heavy atom. The molecule has 0 N–H and O–H groups in total. The maximum atomic E-state index is 2.45. The molecule has 1 heterocycles. The first kappa shape index (κ1) is 29.7. The van der Waals surface area contributed by atoms with Crippen molar-refractivity contribution in [2.75, 3.05) is 0 Å². The van der Waals surface area contributed by atoms with Crippen molar-refractivity contribution in [2.45, 2.75) is 0 Å². The topological polar surface area (TPSA) is 4.93 Å². The summed E-state index contributed by atoms with van der Waals surface area (Å²) in [6.07, 6.45) is 0. The van der Waals surface area contributed by atoms with E-state index in [-0.39, 0.29) is 0 Å². The predicted octanol–water partition coefficient (Wildman–Crippen LogP) is 14.4. The number of fused-ring (bicyclic) bond motifs is 9. The molecule has 0 amide bonds. The fourth-order valence-electron chi connectivity index (χ4n) is 8.85. The highest BCUT2D eigenvalue weighted by atomic mass is 15.0. The number of aromatic nitrogens is 1. The zero-order valence-electron chi connectivity index (χ0n) is 29.0. The highest BCUT2D eigenvalue weighted by Gasteiger charge is 2.21. The van der Waals surface area contributed by atoms with Crippen LogP contribution in [0.5, 0.6) is 0 Å². The lowest BCUT2D eigenvalue weighted by molar-refractivity contribution is 1.18. The first-order chi connectivity index (χ1) is 26.3. The number of benzene rings is 10. The van der Waals surface area contributed by atoms with E-state index in [0.29, 0.717) is 0 Å². The van der Waals surface area contributed by atoms with Gasteiger partial charge in [-0.1, -0.05) is 164 Å². The third-order valence-corrected chi connectivity index (χ3v) is 11.1. The number of hydrogen-bond acceptors (Lipinski definition) is 0. The molecule has 1 aromatic heterocycles. The van der Waals surface area contributed by atoms with Gasteiger partial charge in [0, 0.05) is 16.5 Å². The summed E-state index contributed by atoms with van der Waals surface area (Å²) < 4.78 is 2.42. The second-order valence-corrected chi connectivity index (χ2v) is 14.0. The van der Waals surface area contributed by atoms with Crippen molar-refractivity contribution in [1.82, 2.24) is 4.57 Å². The molecule has 10 aromatic carbocycles. The van der Waals surface area contributed by atoms with E-state index in [1.807, 2.05) is 0 Å². The minimum Gasteiger partial charge on any atom is -0.309 e. The van der Waals surface area contributed by atoms with E-state index < -0.39 is 0 Å². The van der Waals surface area contributed by atoms with E-state index in [0.717, 1.165) is 0 Å². The molecule has 1 heteroatoms. The van der Waals surface area contributed by atoms with Crippen molar-refractivity contribution < 1.29 is 0 Å². The second kappa shape index (κ2) is 11.8. The summed E-state index contributed by atoms with van der Waals surface area (Å²) in [5, 5.41) is 12.7. The lowest BCUT2D eigenvalue weighted by Gasteiger charge is -2.20. The highest BCUT2D eigenvalue weighted by Crippen LogP contribution is 2.48. The van der Waals surface area contributed by atoms with E-state index in [1.54, 1.807) is 0 Å². The summed E-state index contributed by atoms with van der Waals surface area (Å²) in [6, 6.07) is 73.6. The zero-order valence-corrected chi connectivity index (χ0v) is 29.0. The molecule has 0 saturated carbocycles. The van der Waals surface area contributed by atoms with Crippen molar-refractivity contribution in [3.05, 3.63) is 200 Å². The molecule has 0 unspecified atom stereocenters. The molecule has 0 radical (unpaired) electrons. The number of nitrogens with zero attached hydrogens (tertiary/aromatic N) is 1. The molecule has 0 atom stereocenters. The van der Waals surface area contributed by atoms with Crippen molar-refractivity contribution in [3.63, 3.8) is 0 Å². The van der Waals surface area contributed by atoms with Gasteiger partial charge in [-0.25, -0.2) is 0 Å². The summed E-state index contributed by atoms with van der Waals surface area (Å²) in [4.78, 5) is 0. The lowest BCUT2D eigenvalue weighted by Crippen LogP contribution is -1.94. The van der Waals surface area contributed by atoms with E-state index in [2.05, 4.69) is 205 Å². The zero-order chi connectivity index (χ0) is 34.9. The molecule has 0 spiro atoms. The fraction of sp³-hybridized carbons (Fsp3) is 0. The van der Waals surface area contributed by atoms with Gasteiger partial charge in [0.1, 0.15) is 0 Å². The normalized spacial score (nSPS) is 11.8. The summed E-state index contributed by atoms with van der Waals surface area (Å²) in [5.41, 5.74) is 11.0. The Morgan fingerprint density at radius 3 is 1.57 bits per heavy atom. The van der Waals surface area contributed by atoms with Gasteiger partial charge in [0.25, 0.3) is 0 Å². The van der Waals surface area contributed by atoms with Crippen LogP contribution in [-0.2, 0) is 0 Å². The van der Waals surface area contributed by atoms with Crippen LogP contribution in [0.25, 0.3) is 104 Å². The largest absolute Gasteiger partial charge is 0.309 e. The van der Waals surface area contributed by atoms with E-state index in [9.17, 15) is 0 Å². The molecule has 11 rings (SSSR count). The molecule has 53 heavy (non-hydrogen) atoms. The monoisotopic (exact) mass is 671 g/mol. The molecular weight excluding hydrogens is 639 g/mol. The van der Waals surface area contributed by atoms with Gasteiger partial charge >= 0.3 is 0 Å². The van der Waals surface area contributed by atoms with E-state index in [4.69, 9.17) is 0 Å². The summed E-state index contributed by atoms with van der Waals surface area (Å²) in [7, 11) is 0. The standard InChI is InChI=1S/C52H33N/c1-3-14-34(15-4-1)37-18-13-19-38(32-37)50-44-25-12-11-24-43(44)49(45-29-26-35-16-8-10-23-42(35)52(45)50)39-28-30-47-46(33-39)51-41-22-9-7-17-36(41)27-31-48(51)53(47)40-20-5-2-6-21-40/h1-33H. The average molecular weight is 672 g/mol. The van der Waals surface area contributed by atoms with Crippen LogP contribution in [0.15, 0.2) is 200 Å². The van der Waals surface area contributed by atoms with Crippen molar-refractivity contribution in [1.29, 1.82) is 0 Å². The minimum atomic E-state index is 1.17. The first-order valence-electron chi connectivity index (χ1n) is 18.4. The number of hydrogen-bond donors (Lipinski definition) is 0. The molecule has 0 fully saturated rings. The molecular formula is C52H33N. The summed E-state index contributed by atoms with van der Waals surface area (Å²) in [5.74, 6) is 0. The molecule has 0 aliphatic carbocycles. The van der Waals surface area contributed by atoms with Crippen LogP contribution < -0.4 is 0 Å². The molecule has 0 bridgehead atoms. The van der Waals surface area contributed by atoms with Crippen LogP contribution in [0, 0.1) is 0 Å². The smallest absolute Gasteiger partial charge is 0.0547 e. The van der Waals surface area contributed by atoms with Crippen molar-refractivity contribution >= 4 is 64.9 Å². The second-order valence-electron chi connectivity index (χ2n) is 14.0. The Hall–Kier alpha value is -6.96. The summed E-state index contributed by atoms with van der Waals surface area (Å²) >= 11 is 0. The minimum absolute atomic E-state index is 1.17. The fourth-order valence-corrected chi connectivity index (χ4v) is 8.85. The van der Waals surface area contributed by atoms with Crippen molar-refractivity contribution in [2.24, 2.45) is 0 Å². The van der Waals surface area contributed by atoms with Crippen LogP contribution in [0.3, 0.4) is 0 Å². The third-order valence-electron chi connectivity index (χ3n) is 11.1. The van der Waals surface area contributed by atoms with Gasteiger partial charge in [0.05, 0.1) is 11.0 Å². The SMILES string of the molecule is c1ccc(-c2cccc(-c3c4ccccc4c(-c4ccc5c(c4)c4c6ccccc6ccc4n5-c4ccccc4)c4ccc5ccccc5c34)c2)cc1. The molecule has 0 aliphatic rings. The van der Waals surface area contributed by atoms with Crippen molar-refractivity contribution in [3.8, 4) is 39.1 Å². The van der Waals surface area contributed by atoms with E-state index >= 15 is 0 Å². The molecule has 11 aromatic rings. The molecule has 0 saturated heterocycles. The Bertz CT molecular complexity index is 3210. The lowest BCUT2D eigenvalue weighted by atomic mass is 9.83. The van der Waals surface area contributed by atoms with Crippen LogP contribution in [0.4, 0.5) is 0 Å². The van der Waals surface area contributed by atoms with Gasteiger partial charge in [-0.3, -0.25) is 0 Å². The van der Waals surface area contributed by atoms with Crippen LogP contribution >= 0.6 is 0 Å². The maximum absolute atomic E-state index is 2.45. The molecule has 0 aliphatic heterocycles. The van der Waals surface area contributed by atoms with Gasteiger partial charge in [-0.05, 0) is 113 Å². The van der Waals surface area contributed by atoms with Gasteiger partial charge < -0.3 is 4.57 Å². The third kappa shape index (κ3) is 4.58. The van der Waals surface area contributed by atoms with E-state index in [1.165, 1.54) is 104 Å². The Balaban J connectivity index is 1.27. The number of para-hydroxylation sites is 1. The Labute approximate surface area is 307 Å². The van der Waals surface area contributed by atoms with Gasteiger partial charge in [0.2, 0.25) is 0 Å². The average Bonchev–Trinajstić information content (AvgIpc) is 3.57. The van der Waals surface area contributed by atoms with Gasteiger partial charge in [-0.15, -0.1) is 0 Å². The highest BCUT2D eigenvalue weighted by molar-refractivity contribution is 6.29. The van der Waals surface area contributed by atoms with Gasteiger partial charge in [-0.2, -0.15) is 0 Å². The van der Waals surface area contributed by atoms with Gasteiger partial charge in [0.15, 0.2) is 0 Å². The van der Waals surface area contributed by atoms with Crippen LogP contribution in [-0.4, -0.2) is 4.57 Å². The Kier molecular flexibility index (Phi) is 6.62. The quantitative estimate of drug-likeness (QED) is 0.130. The summed E-state index contributed by atoms with van der Waals surface area (Å²) in [6.45, 7) is 0. The predicted molar refractivity (Wildman–Crippen MR) is 227 cm³/mol. The van der Waals surface area contributed by atoms with Crippen LogP contribution in [0.1, 0.15) is 0 Å². The first-order valence-corrected chi connectivity index (χ1v) is 18.4. The maximum Gasteiger partial charge on any atom is 0.0547 e.